The van der Waals surface area contributed by atoms with Crippen LogP contribution in [-0.2, 0) is 11.2 Å². The fraction of sp³-hybridized carbons (Fsp3) is 0.500. The number of hydrogen-bond acceptors (Lipinski definition) is 4. The van der Waals surface area contributed by atoms with Gasteiger partial charge in [0.2, 0.25) is 5.91 Å². The molecule has 1 fully saturated rings. The SMILES string of the molecule is CC1(C(=O)NCCc2nnc3ccccn23)CCNC1. The summed E-state index contributed by atoms with van der Waals surface area (Å²) in [5, 5.41) is 14.5. The molecule has 20 heavy (non-hydrogen) atoms. The van der Waals surface area contributed by atoms with Crippen LogP contribution in [0.3, 0.4) is 0 Å². The van der Waals surface area contributed by atoms with Crippen LogP contribution >= 0.6 is 0 Å². The molecule has 1 atom stereocenters. The minimum Gasteiger partial charge on any atom is -0.355 e. The minimum absolute atomic E-state index is 0.122. The lowest BCUT2D eigenvalue weighted by Crippen LogP contribution is -2.41. The molecule has 1 amide bonds. The van der Waals surface area contributed by atoms with Crippen LogP contribution in [0.2, 0.25) is 0 Å². The highest BCUT2D eigenvalue weighted by atomic mass is 16.2. The summed E-state index contributed by atoms with van der Waals surface area (Å²) in [6, 6.07) is 5.80. The van der Waals surface area contributed by atoms with E-state index in [1.54, 1.807) is 0 Å². The monoisotopic (exact) mass is 273 g/mol. The normalized spacial score (nSPS) is 22.2. The summed E-state index contributed by atoms with van der Waals surface area (Å²) in [6.07, 6.45) is 3.52. The van der Waals surface area contributed by atoms with E-state index >= 15 is 0 Å². The van der Waals surface area contributed by atoms with Crippen molar-refractivity contribution in [3.63, 3.8) is 0 Å². The minimum atomic E-state index is -0.271. The molecule has 2 N–H and O–H groups in total. The first-order chi connectivity index (χ1) is 9.69. The number of fused-ring (bicyclic) bond motifs is 1. The first-order valence-corrected chi connectivity index (χ1v) is 6.97. The van der Waals surface area contributed by atoms with E-state index in [1.165, 1.54) is 0 Å². The van der Waals surface area contributed by atoms with Gasteiger partial charge in [-0.1, -0.05) is 6.07 Å². The first-order valence-electron chi connectivity index (χ1n) is 6.97. The molecular weight excluding hydrogens is 254 g/mol. The van der Waals surface area contributed by atoms with Crippen molar-refractivity contribution in [2.75, 3.05) is 19.6 Å². The molecule has 1 saturated heterocycles. The van der Waals surface area contributed by atoms with Crippen molar-refractivity contribution in [1.29, 1.82) is 0 Å². The van der Waals surface area contributed by atoms with Gasteiger partial charge in [-0.2, -0.15) is 0 Å². The van der Waals surface area contributed by atoms with Gasteiger partial charge in [0.1, 0.15) is 5.82 Å². The Hall–Kier alpha value is -1.95. The Morgan fingerprint density at radius 3 is 3.20 bits per heavy atom. The van der Waals surface area contributed by atoms with Crippen molar-refractivity contribution in [3.8, 4) is 0 Å². The number of nitrogens with zero attached hydrogens (tertiary/aromatic N) is 3. The topological polar surface area (TPSA) is 71.3 Å². The molecule has 106 valence electrons. The van der Waals surface area contributed by atoms with Crippen LogP contribution in [0.5, 0.6) is 0 Å². The third-order valence-electron chi connectivity index (χ3n) is 3.94. The van der Waals surface area contributed by atoms with E-state index in [2.05, 4.69) is 20.8 Å². The van der Waals surface area contributed by atoms with Gasteiger partial charge in [-0.05, 0) is 32.0 Å². The summed E-state index contributed by atoms with van der Waals surface area (Å²) in [7, 11) is 0. The summed E-state index contributed by atoms with van der Waals surface area (Å²) >= 11 is 0. The molecule has 1 aliphatic heterocycles. The van der Waals surface area contributed by atoms with Gasteiger partial charge in [-0.25, -0.2) is 0 Å². The number of carbonyl (C=O) groups is 1. The molecule has 0 radical (unpaired) electrons. The average molecular weight is 273 g/mol. The molecule has 1 aliphatic rings. The second-order valence-corrected chi connectivity index (χ2v) is 5.54. The summed E-state index contributed by atoms with van der Waals surface area (Å²) in [6.45, 7) is 4.27. The van der Waals surface area contributed by atoms with Crippen molar-refractivity contribution < 1.29 is 4.79 Å². The summed E-state index contributed by atoms with van der Waals surface area (Å²) in [5.74, 6) is 0.993. The van der Waals surface area contributed by atoms with Crippen LogP contribution in [0.4, 0.5) is 0 Å². The van der Waals surface area contributed by atoms with E-state index in [0.29, 0.717) is 13.0 Å². The van der Waals surface area contributed by atoms with Crippen molar-refractivity contribution in [1.82, 2.24) is 25.2 Å². The number of carbonyl (C=O) groups excluding carboxylic acids is 1. The van der Waals surface area contributed by atoms with Crippen LogP contribution in [-0.4, -0.2) is 40.1 Å². The van der Waals surface area contributed by atoms with E-state index in [9.17, 15) is 4.79 Å². The predicted octanol–water partition coefficient (Wildman–Crippen LogP) is 0.388. The molecule has 3 rings (SSSR count). The Balaban J connectivity index is 1.59. The number of aromatic nitrogens is 3. The molecular formula is C14H19N5O. The maximum atomic E-state index is 12.2. The Bertz CT molecular complexity index is 615. The van der Waals surface area contributed by atoms with Gasteiger partial charge in [-0.15, -0.1) is 10.2 Å². The second kappa shape index (κ2) is 5.20. The largest absolute Gasteiger partial charge is 0.355 e. The number of hydrogen-bond donors (Lipinski definition) is 2. The van der Waals surface area contributed by atoms with Gasteiger partial charge in [0.25, 0.3) is 0 Å². The number of pyridine rings is 1. The van der Waals surface area contributed by atoms with Gasteiger partial charge in [0.05, 0.1) is 5.41 Å². The standard InChI is InChI=1S/C14H19N5O/c1-14(6-8-15-10-14)13(20)16-7-5-12-18-17-11-4-2-3-9-19(11)12/h2-4,9,15H,5-8,10H2,1H3,(H,16,20). The number of rotatable bonds is 4. The Labute approximate surface area is 117 Å². The van der Waals surface area contributed by atoms with Crippen LogP contribution in [0, 0.1) is 5.41 Å². The third-order valence-corrected chi connectivity index (χ3v) is 3.94. The molecule has 1 unspecified atom stereocenters. The maximum Gasteiger partial charge on any atom is 0.227 e. The molecule has 0 spiro atoms. The fourth-order valence-corrected chi connectivity index (χ4v) is 2.57. The van der Waals surface area contributed by atoms with Gasteiger partial charge in [-0.3, -0.25) is 9.20 Å². The van der Waals surface area contributed by atoms with Crippen LogP contribution in [0.1, 0.15) is 19.2 Å². The Kier molecular flexibility index (Phi) is 3.40. The Morgan fingerprint density at radius 2 is 2.40 bits per heavy atom. The number of nitrogens with one attached hydrogen (secondary N) is 2. The summed E-state index contributed by atoms with van der Waals surface area (Å²) < 4.78 is 1.95. The molecule has 6 nitrogen and oxygen atoms in total. The van der Waals surface area contributed by atoms with Gasteiger partial charge in [0.15, 0.2) is 5.65 Å². The molecule has 6 heteroatoms. The molecule has 0 aromatic carbocycles. The quantitative estimate of drug-likeness (QED) is 0.845. The number of amides is 1. The van der Waals surface area contributed by atoms with E-state index in [4.69, 9.17) is 0 Å². The van der Waals surface area contributed by atoms with E-state index in [-0.39, 0.29) is 11.3 Å². The first kappa shape index (κ1) is 13.1. The lowest BCUT2D eigenvalue weighted by atomic mass is 9.89. The zero-order chi connectivity index (χ0) is 14.0. The molecule has 3 heterocycles. The van der Waals surface area contributed by atoms with E-state index < -0.39 is 0 Å². The summed E-state index contributed by atoms with van der Waals surface area (Å²) in [4.78, 5) is 12.2. The second-order valence-electron chi connectivity index (χ2n) is 5.54. The Morgan fingerprint density at radius 1 is 1.50 bits per heavy atom. The van der Waals surface area contributed by atoms with Crippen molar-refractivity contribution in [2.45, 2.75) is 19.8 Å². The van der Waals surface area contributed by atoms with Gasteiger partial charge in [0, 0.05) is 25.7 Å². The van der Waals surface area contributed by atoms with Crippen LogP contribution in [0.25, 0.3) is 5.65 Å². The zero-order valence-electron chi connectivity index (χ0n) is 11.6. The van der Waals surface area contributed by atoms with Crippen molar-refractivity contribution >= 4 is 11.6 Å². The highest BCUT2D eigenvalue weighted by Crippen LogP contribution is 2.24. The lowest BCUT2D eigenvalue weighted by molar-refractivity contribution is -0.129. The predicted molar refractivity (Wildman–Crippen MR) is 75.3 cm³/mol. The average Bonchev–Trinajstić information content (AvgIpc) is 3.07. The third kappa shape index (κ3) is 2.38. The molecule has 0 saturated carbocycles. The molecule has 2 aromatic heterocycles. The zero-order valence-corrected chi connectivity index (χ0v) is 11.6. The molecule has 0 bridgehead atoms. The van der Waals surface area contributed by atoms with Crippen molar-refractivity contribution in [3.05, 3.63) is 30.2 Å². The van der Waals surface area contributed by atoms with Crippen LogP contribution in [0.15, 0.2) is 24.4 Å². The van der Waals surface area contributed by atoms with E-state index in [0.717, 1.165) is 31.0 Å². The highest BCUT2D eigenvalue weighted by molar-refractivity contribution is 5.82. The van der Waals surface area contributed by atoms with Gasteiger partial charge >= 0.3 is 0 Å². The van der Waals surface area contributed by atoms with E-state index in [1.807, 2.05) is 35.7 Å². The highest BCUT2D eigenvalue weighted by Gasteiger charge is 2.35. The summed E-state index contributed by atoms with van der Waals surface area (Å²) in [5.41, 5.74) is 0.563. The lowest BCUT2D eigenvalue weighted by Gasteiger charge is -2.21. The molecule has 0 aliphatic carbocycles. The van der Waals surface area contributed by atoms with Crippen LogP contribution < -0.4 is 10.6 Å². The fourth-order valence-electron chi connectivity index (χ4n) is 2.57. The smallest absolute Gasteiger partial charge is 0.227 e. The van der Waals surface area contributed by atoms with Crippen molar-refractivity contribution in [2.24, 2.45) is 5.41 Å². The maximum absolute atomic E-state index is 12.2. The van der Waals surface area contributed by atoms with Gasteiger partial charge < -0.3 is 10.6 Å². The molecule has 2 aromatic rings.